The highest BCUT2D eigenvalue weighted by Crippen LogP contribution is 2.53. The van der Waals surface area contributed by atoms with E-state index in [1.165, 1.54) is 32.1 Å². The van der Waals surface area contributed by atoms with Crippen LogP contribution in [-0.4, -0.2) is 31.2 Å². The maximum absolute atomic E-state index is 11.4. The second kappa shape index (κ2) is 6.02. The number of rotatable bonds is 6. The summed E-state index contributed by atoms with van der Waals surface area (Å²) in [5, 5.41) is 3.61. The SMILES string of the molecule is CCOC1CC(NCC(C)(C)C(N)=O)C12CCCCC2. The van der Waals surface area contributed by atoms with Gasteiger partial charge in [0.05, 0.1) is 11.5 Å². The number of carbonyl (C=O) groups excluding carboxylic acids is 1. The maximum Gasteiger partial charge on any atom is 0.224 e. The van der Waals surface area contributed by atoms with E-state index in [0.29, 0.717) is 24.1 Å². The monoisotopic (exact) mass is 282 g/mol. The topological polar surface area (TPSA) is 64.3 Å². The number of nitrogens with one attached hydrogen (secondary N) is 1. The van der Waals surface area contributed by atoms with Crippen molar-refractivity contribution in [3.05, 3.63) is 0 Å². The van der Waals surface area contributed by atoms with E-state index >= 15 is 0 Å². The van der Waals surface area contributed by atoms with Gasteiger partial charge in [-0.25, -0.2) is 0 Å². The molecule has 2 saturated carbocycles. The van der Waals surface area contributed by atoms with Crippen LogP contribution in [0.1, 0.15) is 59.3 Å². The van der Waals surface area contributed by atoms with Crippen LogP contribution >= 0.6 is 0 Å². The molecule has 0 aromatic heterocycles. The number of hydrogen-bond donors (Lipinski definition) is 2. The number of amides is 1. The Morgan fingerprint density at radius 1 is 1.35 bits per heavy atom. The molecule has 0 aliphatic heterocycles. The van der Waals surface area contributed by atoms with Gasteiger partial charge in [-0.2, -0.15) is 0 Å². The Labute approximate surface area is 122 Å². The molecule has 1 amide bonds. The summed E-state index contributed by atoms with van der Waals surface area (Å²) in [6, 6.07) is 0.484. The molecule has 2 rings (SSSR count). The fourth-order valence-corrected chi connectivity index (χ4v) is 3.82. The lowest BCUT2D eigenvalue weighted by Crippen LogP contribution is -2.65. The molecule has 2 aliphatic rings. The lowest BCUT2D eigenvalue weighted by molar-refractivity contribution is -0.152. The average Bonchev–Trinajstić information content (AvgIpc) is 2.42. The highest BCUT2D eigenvalue weighted by Gasteiger charge is 2.55. The van der Waals surface area contributed by atoms with Gasteiger partial charge in [0, 0.05) is 24.6 Å². The van der Waals surface area contributed by atoms with Gasteiger partial charge in [-0.3, -0.25) is 4.79 Å². The van der Waals surface area contributed by atoms with E-state index in [1.807, 2.05) is 13.8 Å². The predicted molar refractivity (Wildman–Crippen MR) is 80.3 cm³/mol. The van der Waals surface area contributed by atoms with Gasteiger partial charge in [0.25, 0.3) is 0 Å². The molecule has 0 radical (unpaired) electrons. The highest BCUT2D eigenvalue weighted by atomic mass is 16.5. The first-order valence-electron chi connectivity index (χ1n) is 8.07. The summed E-state index contributed by atoms with van der Waals surface area (Å²) in [4.78, 5) is 11.4. The number of carbonyl (C=O) groups is 1. The summed E-state index contributed by atoms with van der Waals surface area (Å²) in [6.45, 7) is 7.36. The molecule has 3 N–H and O–H groups in total. The third-order valence-electron chi connectivity index (χ3n) is 5.39. The van der Waals surface area contributed by atoms with E-state index in [0.717, 1.165) is 13.0 Å². The van der Waals surface area contributed by atoms with Gasteiger partial charge in [-0.05, 0) is 40.0 Å². The zero-order chi connectivity index (χ0) is 14.8. The Kier molecular flexibility index (Phi) is 4.75. The second-order valence-electron chi connectivity index (χ2n) is 7.16. The fourth-order valence-electron chi connectivity index (χ4n) is 3.82. The third kappa shape index (κ3) is 2.86. The summed E-state index contributed by atoms with van der Waals surface area (Å²) in [5.74, 6) is -0.233. The number of primary amides is 1. The van der Waals surface area contributed by atoms with E-state index in [2.05, 4.69) is 12.2 Å². The molecule has 0 aromatic rings. The normalized spacial score (nSPS) is 29.1. The van der Waals surface area contributed by atoms with Crippen molar-refractivity contribution in [3.63, 3.8) is 0 Å². The molecule has 4 nitrogen and oxygen atoms in total. The first-order chi connectivity index (χ1) is 9.42. The number of nitrogens with two attached hydrogens (primary N) is 1. The van der Waals surface area contributed by atoms with Crippen LogP contribution in [0.5, 0.6) is 0 Å². The van der Waals surface area contributed by atoms with Gasteiger partial charge in [-0.1, -0.05) is 19.3 Å². The van der Waals surface area contributed by atoms with E-state index in [1.54, 1.807) is 0 Å². The van der Waals surface area contributed by atoms with Crippen molar-refractivity contribution in [3.8, 4) is 0 Å². The molecule has 116 valence electrons. The van der Waals surface area contributed by atoms with Gasteiger partial charge in [0.1, 0.15) is 0 Å². The minimum Gasteiger partial charge on any atom is -0.378 e. The Balaban J connectivity index is 1.96. The van der Waals surface area contributed by atoms with Crippen LogP contribution in [-0.2, 0) is 9.53 Å². The molecule has 0 bridgehead atoms. The molecule has 1 spiro atoms. The zero-order valence-electron chi connectivity index (χ0n) is 13.2. The first kappa shape index (κ1) is 15.8. The smallest absolute Gasteiger partial charge is 0.224 e. The number of ether oxygens (including phenoxy) is 1. The molecular formula is C16H30N2O2. The second-order valence-corrected chi connectivity index (χ2v) is 7.16. The van der Waals surface area contributed by atoms with Crippen LogP contribution < -0.4 is 11.1 Å². The van der Waals surface area contributed by atoms with Crippen LogP contribution in [0.15, 0.2) is 0 Å². The quantitative estimate of drug-likeness (QED) is 0.785. The Morgan fingerprint density at radius 2 is 2.00 bits per heavy atom. The van der Waals surface area contributed by atoms with Crippen molar-refractivity contribution in [2.24, 2.45) is 16.6 Å². The van der Waals surface area contributed by atoms with E-state index < -0.39 is 5.41 Å². The fraction of sp³-hybridized carbons (Fsp3) is 0.938. The third-order valence-corrected chi connectivity index (χ3v) is 5.39. The molecule has 2 fully saturated rings. The van der Waals surface area contributed by atoms with Gasteiger partial charge >= 0.3 is 0 Å². The van der Waals surface area contributed by atoms with Crippen molar-refractivity contribution in [1.82, 2.24) is 5.32 Å². The zero-order valence-corrected chi connectivity index (χ0v) is 13.2. The highest BCUT2D eigenvalue weighted by molar-refractivity contribution is 5.80. The molecule has 20 heavy (non-hydrogen) atoms. The van der Waals surface area contributed by atoms with Gasteiger partial charge in [0.2, 0.25) is 5.91 Å². The summed E-state index contributed by atoms with van der Waals surface area (Å²) < 4.78 is 5.95. The number of hydrogen-bond acceptors (Lipinski definition) is 3. The molecular weight excluding hydrogens is 252 g/mol. The standard InChI is InChI=1S/C16H30N2O2/c1-4-20-13-10-12(16(13)8-6-5-7-9-16)18-11-15(2,3)14(17)19/h12-13,18H,4-11H2,1-3H3,(H2,17,19). The van der Waals surface area contributed by atoms with Gasteiger partial charge < -0.3 is 15.8 Å². The van der Waals surface area contributed by atoms with Gasteiger partial charge in [0.15, 0.2) is 0 Å². The lowest BCUT2D eigenvalue weighted by Gasteiger charge is -2.58. The van der Waals surface area contributed by atoms with Crippen molar-refractivity contribution in [1.29, 1.82) is 0 Å². The molecule has 0 saturated heterocycles. The molecule has 2 aliphatic carbocycles. The Hall–Kier alpha value is -0.610. The largest absolute Gasteiger partial charge is 0.378 e. The van der Waals surface area contributed by atoms with Crippen molar-refractivity contribution < 1.29 is 9.53 Å². The first-order valence-corrected chi connectivity index (χ1v) is 8.07. The van der Waals surface area contributed by atoms with E-state index in [4.69, 9.17) is 10.5 Å². The molecule has 0 heterocycles. The van der Waals surface area contributed by atoms with Crippen molar-refractivity contribution >= 4 is 5.91 Å². The Morgan fingerprint density at radius 3 is 2.55 bits per heavy atom. The predicted octanol–water partition coefficient (Wildman–Crippen LogP) is 2.22. The molecule has 2 atom stereocenters. The van der Waals surface area contributed by atoms with Crippen LogP contribution in [0.3, 0.4) is 0 Å². The van der Waals surface area contributed by atoms with Crippen molar-refractivity contribution in [2.75, 3.05) is 13.2 Å². The summed E-state index contributed by atoms with van der Waals surface area (Å²) in [7, 11) is 0. The van der Waals surface area contributed by atoms with Gasteiger partial charge in [-0.15, -0.1) is 0 Å². The maximum atomic E-state index is 11.4. The summed E-state index contributed by atoms with van der Waals surface area (Å²) in [5.41, 5.74) is 5.29. The summed E-state index contributed by atoms with van der Waals surface area (Å²) >= 11 is 0. The van der Waals surface area contributed by atoms with Crippen molar-refractivity contribution in [2.45, 2.75) is 71.4 Å². The van der Waals surface area contributed by atoms with E-state index in [9.17, 15) is 4.79 Å². The molecule has 2 unspecified atom stereocenters. The average molecular weight is 282 g/mol. The van der Waals surface area contributed by atoms with Crippen LogP contribution in [0.4, 0.5) is 0 Å². The molecule has 4 heteroatoms. The Bertz CT molecular complexity index is 348. The lowest BCUT2D eigenvalue weighted by atomic mass is 9.55. The van der Waals surface area contributed by atoms with E-state index in [-0.39, 0.29) is 5.91 Å². The van der Waals surface area contributed by atoms with Crippen LogP contribution in [0, 0.1) is 10.8 Å². The van der Waals surface area contributed by atoms with Crippen LogP contribution in [0.25, 0.3) is 0 Å². The van der Waals surface area contributed by atoms with Crippen LogP contribution in [0.2, 0.25) is 0 Å². The molecule has 0 aromatic carbocycles. The minimum atomic E-state index is -0.480. The summed E-state index contributed by atoms with van der Waals surface area (Å²) in [6.07, 6.45) is 7.95. The minimum absolute atomic E-state index is 0.233.